The Balaban J connectivity index is 2.49. The minimum atomic E-state index is 0.603. The van der Waals surface area contributed by atoms with Crippen molar-refractivity contribution in [2.75, 3.05) is 6.54 Å². The van der Waals surface area contributed by atoms with Gasteiger partial charge in [0.05, 0.1) is 12.9 Å². The van der Waals surface area contributed by atoms with Crippen LogP contribution in [0.15, 0.2) is 4.99 Å². The van der Waals surface area contributed by atoms with Crippen molar-refractivity contribution in [3.05, 3.63) is 0 Å². The SMILES string of the molecule is CC(C)N1C=NC[C@@H]1C. The summed E-state index contributed by atoms with van der Waals surface area (Å²) in [6.45, 7) is 7.55. The van der Waals surface area contributed by atoms with Gasteiger partial charge in [-0.2, -0.15) is 0 Å². The minimum absolute atomic E-state index is 0.603. The van der Waals surface area contributed by atoms with Gasteiger partial charge in [0.15, 0.2) is 0 Å². The quantitative estimate of drug-likeness (QED) is 0.514. The molecule has 1 rings (SSSR count). The fraction of sp³-hybridized carbons (Fsp3) is 0.857. The van der Waals surface area contributed by atoms with E-state index in [0.29, 0.717) is 12.1 Å². The maximum atomic E-state index is 4.17. The van der Waals surface area contributed by atoms with Crippen LogP contribution in [0.25, 0.3) is 0 Å². The second-order valence-corrected chi connectivity index (χ2v) is 2.87. The maximum Gasteiger partial charge on any atom is 0.0856 e. The van der Waals surface area contributed by atoms with E-state index < -0.39 is 0 Å². The molecule has 0 radical (unpaired) electrons. The topological polar surface area (TPSA) is 15.6 Å². The van der Waals surface area contributed by atoms with Gasteiger partial charge in [0.1, 0.15) is 0 Å². The normalized spacial score (nSPS) is 26.2. The van der Waals surface area contributed by atoms with E-state index in [1.165, 1.54) is 0 Å². The van der Waals surface area contributed by atoms with Crippen LogP contribution in [0.3, 0.4) is 0 Å². The number of aliphatic imine (C=N–C) groups is 1. The fourth-order valence-electron chi connectivity index (χ4n) is 1.14. The summed E-state index contributed by atoms with van der Waals surface area (Å²) in [4.78, 5) is 6.45. The average Bonchev–Trinajstić information content (AvgIpc) is 2.13. The van der Waals surface area contributed by atoms with Gasteiger partial charge in [0, 0.05) is 12.1 Å². The van der Waals surface area contributed by atoms with Crippen LogP contribution in [0.1, 0.15) is 20.8 Å². The molecule has 52 valence electrons. The van der Waals surface area contributed by atoms with Crippen LogP contribution in [0.5, 0.6) is 0 Å². The van der Waals surface area contributed by atoms with Gasteiger partial charge in [-0.3, -0.25) is 4.99 Å². The number of nitrogens with zero attached hydrogens (tertiary/aromatic N) is 2. The van der Waals surface area contributed by atoms with E-state index in [-0.39, 0.29) is 0 Å². The Labute approximate surface area is 56.6 Å². The molecular formula is C7H14N2. The predicted molar refractivity (Wildman–Crippen MR) is 39.8 cm³/mol. The molecule has 2 heteroatoms. The van der Waals surface area contributed by atoms with Crippen molar-refractivity contribution in [2.24, 2.45) is 4.99 Å². The molecule has 1 aliphatic heterocycles. The van der Waals surface area contributed by atoms with Gasteiger partial charge in [0.2, 0.25) is 0 Å². The van der Waals surface area contributed by atoms with Crippen LogP contribution in [-0.2, 0) is 0 Å². The van der Waals surface area contributed by atoms with Gasteiger partial charge in [-0.05, 0) is 20.8 Å². The van der Waals surface area contributed by atoms with E-state index in [2.05, 4.69) is 30.7 Å². The Hall–Kier alpha value is -0.530. The van der Waals surface area contributed by atoms with Crippen molar-refractivity contribution in [2.45, 2.75) is 32.9 Å². The van der Waals surface area contributed by atoms with Crippen LogP contribution < -0.4 is 0 Å². The molecule has 2 nitrogen and oxygen atoms in total. The van der Waals surface area contributed by atoms with E-state index in [9.17, 15) is 0 Å². The van der Waals surface area contributed by atoms with E-state index in [4.69, 9.17) is 0 Å². The van der Waals surface area contributed by atoms with E-state index in [0.717, 1.165) is 6.54 Å². The lowest BCUT2D eigenvalue weighted by Crippen LogP contribution is -2.34. The summed E-state index contributed by atoms with van der Waals surface area (Å²) in [5, 5.41) is 0. The van der Waals surface area contributed by atoms with Gasteiger partial charge in [0.25, 0.3) is 0 Å². The van der Waals surface area contributed by atoms with Gasteiger partial charge >= 0.3 is 0 Å². The van der Waals surface area contributed by atoms with Crippen LogP contribution in [0.2, 0.25) is 0 Å². The molecule has 9 heavy (non-hydrogen) atoms. The zero-order valence-electron chi connectivity index (χ0n) is 6.33. The van der Waals surface area contributed by atoms with Crippen molar-refractivity contribution < 1.29 is 0 Å². The number of rotatable bonds is 1. The Morgan fingerprint density at radius 2 is 2.33 bits per heavy atom. The third kappa shape index (κ3) is 1.23. The molecule has 0 N–H and O–H groups in total. The summed E-state index contributed by atoms with van der Waals surface area (Å²) in [5.74, 6) is 0. The summed E-state index contributed by atoms with van der Waals surface area (Å²) in [6, 6.07) is 1.22. The first kappa shape index (κ1) is 6.59. The summed E-state index contributed by atoms with van der Waals surface area (Å²) in [6.07, 6.45) is 1.95. The van der Waals surface area contributed by atoms with Crippen molar-refractivity contribution in [1.82, 2.24) is 4.90 Å². The molecule has 1 heterocycles. The highest BCUT2D eigenvalue weighted by Gasteiger charge is 2.16. The van der Waals surface area contributed by atoms with Crippen LogP contribution >= 0.6 is 0 Å². The van der Waals surface area contributed by atoms with Crippen molar-refractivity contribution in [3.63, 3.8) is 0 Å². The monoisotopic (exact) mass is 126 g/mol. The van der Waals surface area contributed by atoms with Crippen molar-refractivity contribution >= 4 is 6.34 Å². The van der Waals surface area contributed by atoms with Gasteiger partial charge < -0.3 is 4.90 Å². The average molecular weight is 126 g/mol. The molecule has 0 saturated heterocycles. The fourth-order valence-corrected chi connectivity index (χ4v) is 1.14. The second kappa shape index (κ2) is 2.38. The Morgan fingerprint density at radius 1 is 1.67 bits per heavy atom. The van der Waals surface area contributed by atoms with E-state index >= 15 is 0 Å². The zero-order chi connectivity index (χ0) is 6.85. The highest BCUT2D eigenvalue weighted by Crippen LogP contribution is 2.07. The zero-order valence-corrected chi connectivity index (χ0v) is 6.33. The smallest absolute Gasteiger partial charge is 0.0856 e. The lowest BCUT2D eigenvalue weighted by molar-refractivity contribution is 0.312. The molecule has 0 fully saturated rings. The molecule has 0 bridgehead atoms. The standard InChI is InChI=1S/C7H14N2/c1-6(2)9-5-8-4-7(9)3/h5-7H,4H2,1-3H3/t7-/m0/s1. The molecule has 0 aromatic heterocycles. The van der Waals surface area contributed by atoms with E-state index in [1.807, 2.05) is 6.34 Å². The largest absolute Gasteiger partial charge is 0.356 e. The Morgan fingerprint density at radius 3 is 2.56 bits per heavy atom. The molecule has 0 unspecified atom stereocenters. The second-order valence-electron chi connectivity index (χ2n) is 2.87. The lowest BCUT2D eigenvalue weighted by Gasteiger charge is -2.24. The van der Waals surface area contributed by atoms with Crippen molar-refractivity contribution in [1.29, 1.82) is 0 Å². The first-order valence-corrected chi connectivity index (χ1v) is 3.49. The van der Waals surface area contributed by atoms with E-state index in [1.54, 1.807) is 0 Å². The summed E-state index contributed by atoms with van der Waals surface area (Å²) in [5.41, 5.74) is 0. The predicted octanol–water partition coefficient (Wildman–Crippen LogP) is 1.13. The molecule has 0 amide bonds. The molecule has 0 saturated carbocycles. The first-order chi connectivity index (χ1) is 4.22. The summed E-state index contributed by atoms with van der Waals surface area (Å²) >= 11 is 0. The highest BCUT2D eigenvalue weighted by atomic mass is 15.2. The minimum Gasteiger partial charge on any atom is -0.356 e. The maximum absolute atomic E-state index is 4.17. The van der Waals surface area contributed by atoms with Gasteiger partial charge in [-0.1, -0.05) is 0 Å². The number of hydrogen-bond donors (Lipinski definition) is 0. The molecule has 1 aliphatic rings. The summed E-state index contributed by atoms with van der Waals surface area (Å²) < 4.78 is 0. The van der Waals surface area contributed by atoms with Crippen LogP contribution in [-0.4, -0.2) is 29.9 Å². The van der Waals surface area contributed by atoms with Crippen molar-refractivity contribution in [3.8, 4) is 0 Å². The highest BCUT2D eigenvalue weighted by molar-refractivity contribution is 5.58. The third-order valence-corrected chi connectivity index (χ3v) is 1.69. The number of hydrogen-bond acceptors (Lipinski definition) is 2. The molecule has 1 atom stereocenters. The molecule has 0 aliphatic carbocycles. The lowest BCUT2D eigenvalue weighted by atomic mass is 10.2. The summed E-state index contributed by atoms with van der Waals surface area (Å²) in [7, 11) is 0. The van der Waals surface area contributed by atoms with Crippen LogP contribution in [0.4, 0.5) is 0 Å². The first-order valence-electron chi connectivity index (χ1n) is 3.49. The Kier molecular flexibility index (Phi) is 1.74. The third-order valence-electron chi connectivity index (χ3n) is 1.69. The molecule has 0 aromatic rings. The molecule has 0 spiro atoms. The molecule has 0 aromatic carbocycles. The van der Waals surface area contributed by atoms with Gasteiger partial charge in [-0.15, -0.1) is 0 Å². The molecular weight excluding hydrogens is 112 g/mol. The van der Waals surface area contributed by atoms with Gasteiger partial charge in [-0.25, -0.2) is 0 Å². The van der Waals surface area contributed by atoms with Crippen LogP contribution in [0, 0.1) is 0 Å². The Bertz CT molecular complexity index is 118.